The van der Waals surface area contributed by atoms with Gasteiger partial charge >= 0.3 is 0 Å². The van der Waals surface area contributed by atoms with Crippen LogP contribution in [0, 0.1) is 13.8 Å². The topological polar surface area (TPSA) is 38.1 Å². The summed E-state index contributed by atoms with van der Waals surface area (Å²) in [7, 11) is 0. The van der Waals surface area contributed by atoms with E-state index in [1.165, 1.54) is 10.4 Å². The van der Waals surface area contributed by atoms with Gasteiger partial charge < -0.3 is 9.73 Å². The average molecular weight is 278 g/mol. The van der Waals surface area contributed by atoms with E-state index in [1.807, 2.05) is 6.20 Å². The molecule has 104 valence electrons. The predicted octanol–water partition coefficient (Wildman–Crippen LogP) is 3.95. The minimum absolute atomic E-state index is 0.136. The summed E-state index contributed by atoms with van der Waals surface area (Å²) in [4.78, 5) is 6.85. The van der Waals surface area contributed by atoms with Crippen molar-refractivity contribution in [1.29, 1.82) is 0 Å². The molecule has 0 amide bonds. The molecule has 2 rings (SSSR count). The second kappa shape index (κ2) is 5.47. The van der Waals surface area contributed by atoms with Gasteiger partial charge in [0.1, 0.15) is 0 Å². The molecular weight excluding hydrogens is 256 g/mol. The van der Waals surface area contributed by atoms with E-state index in [-0.39, 0.29) is 5.54 Å². The Labute approximate surface area is 119 Å². The van der Waals surface area contributed by atoms with E-state index in [4.69, 9.17) is 4.42 Å². The van der Waals surface area contributed by atoms with Crippen LogP contribution in [0.1, 0.15) is 37.1 Å². The maximum Gasteiger partial charge on any atom is 0.196 e. The first kappa shape index (κ1) is 14.3. The van der Waals surface area contributed by atoms with Crippen LogP contribution >= 0.6 is 11.3 Å². The number of oxazole rings is 1. The largest absolute Gasteiger partial charge is 0.440 e. The highest BCUT2D eigenvalue weighted by Gasteiger charge is 2.12. The molecule has 19 heavy (non-hydrogen) atoms. The second-order valence-electron chi connectivity index (χ2n) is 5.89. The fraction of sp³-hybridized carbons (Fsp3) is 0.533. The molecule has 0 fully saturated rings. The number of aryl methyl sites for hydroxylation is 2. The zero-order chi connectivity index (χ0) is 14.0. The van der Waals surface area contributed by atoms with Gasteiger partial charge in [-0.15, -0.1) is 11.3 Å². The van der Waals surface area contributed by atoms with Crippen molar-refractivity contribution < 1.29 is 4.42 Å². The van der Waals surface area contributed by atoms with E-state index in [0.717, 1.165) is 29.5 Å². The van der Waals surface area contributed by atoms with Crippen molar-refractivity contribution in [3.05, 3.63) is 28.6 Å². The molecule has 0 unspecified atom stereocenters. The molecule has 0 bridgehead atoms. The maximum absolute atomic E-state index is 5.81. The van der Waals surface area contributed by atoms with Gasteiger partial charge in [0.05, 0.1) is 11.1 Å². The van der Waals surface area contributed by atoms with Gasteiger partial charge in [-0.05, 0) is 46.2 Å². The van der Waals surface area contributed by atoms with E-state index in [0.29, 0.717) is 0 Å². The summed E-state index contributed by atoms with van der Waals surface area (Å²) < 4.78 is 5.81. The third kappa shape index (κ3) is 3.91. The van der Waals surface area contributed by atoms with Crippen molar-refractivity contribution >= 4 is 11.3 Å². The lowest BCUT2D eigenvalue weighted by Crippen LogP contribution is -2.37. The Kier molecular flexibility index (Phi) is 4.11. The molecule has 0 aromatic carbocycles. The lowest BCUT2D eigenvalue weighted by molar-refractivity contribution is 0.412. The summed E-state index contributed by atoms with van der Waals surface area (Å²) >= 11 is 1.76. The molecule has 0 radical (unpaired) electrons. The van der Waals surface area contributed by atoms with Crippen LogP contribution in [-0.4, -0.2) is 17.1 Å². The van der Waals surface area contributed by atoms with Crippen LogP contribution in [-0.2, 0) is 6.42 Å². The molecule has 3 nitrogen and oxygen atoms in total. The Morgan fingerprint density at radius 1 is 1.32 bits per heavy atom. The Hall–Kier alpha value is -1.13. The highest BCUT2D eigenvalue weighted by Crippen LogP contribution is 2.31. The number of nitrogens with zero attached hydrogens (tertiary/aromatic N) is 1. The Morgan fingerprint density at radius 2 is 2.05 bits per heavy atom. The third-order valence-corrected chi connectivity index (χ3v) is 4.12. The van der Waals surface area contributed by atoms with Gasteiger partial charge in [-0.2, -0.15) is 0 Å². The molecule has 0 aliphatic heterocycles. The van der Waals surface area contributed by atoms with Gasteiger partial charge in [0.25, 0.3) is 0 Å². The molecule has 2 heterocycles. The Morgan fingerprint density at radius 3 is 2.63 bits per heavy atom. The summed E-state index contributed by atoms with van der Waals surface area (Å²) in [6.07, 6.45) is 2.65. The first-order valence-corrected chi connectivity index (χ1v) is 7.44. The van der Waals surface area contributed by atoms with Crippen LogP contribution in [0.3, 0.4) is 0 Å². The normalized spacial score (nSPS) is 12.1. The van der Waals surface area contributed by atoms with Gasteiger partial charge in [0, 0.05) is 23.4 Å². The summed E-state index contributed by atoms with van der Waals surface area (Å²) in [6.45, 7) is 11.6. The SMILES string of the molecule is Cc1cc(-c2cnc(CCNC(C)(C)C)o2)sc1C. The van der Waals surface area contributed by atoms with Crippen molar-refractivity contribution in [3.63, 3.8) is 0 Å². The van der Waals surface area contributed by atoms with Crippen molar-refractivity contribution in [2.75, 3.05) is 6.54 Å². The van der Waals surface area contributed by atoms with Crippen LogP contribution < -0.4 is 5.32 Å². The first-order chi connectivity index (χ1) is 8.85. The monoisotopic (exact) mass is 278 g/mol. The van der Waals surface area contributed by atoms with E-state index >= 15 is 0 Å². The van der Waals surface area contributed by atoms with Gasteiger partial charge in [-0.3, -0.25) is 0 Å². The number of nitrogens with one attached hydrogen (secondary N) is 1. The molecule has 1 N–H and O–H groups in total. The average Bonchev–Trinajstić information content (AvgIpc) is 2.85. The molecule has 0 atom stereocenters. The zero-order valence-corrected chi connectivity index (χ0v) is 13.1. The van der Waals surface area contributed by atoms with Crippen molar-refractivity contribution in [1.82, 2.24) is 10.3 Å². The fourth-order valence-electron chi connectivity index (χ4n) is 1.78. The van der Waals surface area contributed by atoms with Gasteiger partial charge in [0.15, 0.2) is 11.7 Å². The van der Waals surface area contributed by atoms with Crippen LogP contribution in [0.4, 0.5) is 0 Å². The van der Waals surface area contributed by atoms with Crippen molar-refractivity contribution in [2.24, 2.45) is 0 Å². The standard InChI is InChI=1S/C15H22N2OS/c1-10-8-13(19-11(10)2)12-9-16-14(18-12)6-7-17-15(3,4)5/h8-9,17H,6-7H2,1-5H3. The number of thiophene rings is 1. The zero-order valence-electron chi connectivity index (χ0n) is 12.3. The number of hydrogen-bond donors (Lipinski definition) is 1. The molecule has 0 aliphatic carbocycles. The molecule has 0 spiro atoms. The number of aromatic nitrogens is 1. The van der Waals surface area contributed by atoms with Crippen LogP contribution in [0.15, 0.2) is 16.7 Å². The summed E-state index contributed by atoms with van der Waals surface area (Å²) in [5, 5.41) is 3.44. The first-order valence-electron chi connectivity index (χ1n) is 6.62. The summed E-state index contributed by atoms with van der Waals surface area (Å²) in [5.74, 6) is 1.68. The minimum Gasteiger partial charge on any atom is -0.440 e. The predicted molar refractivity (Wildman–Crippen MR) is 80.7 cm³/mol. The fourth-order valence-corrected chi connectivity index (χ4v) is 2.76. The van der Waals surface area contributed by atoms with Crippen LogP contribution in [0.25, 0.3) is 10.6 Å². The quantitative estimate of drug-likeness (QED) is 0.920. The highest BCUT2D eigenvalue weighted by atomic mass is 32.1. The number of rotatable bonds is 4. The van der Waals surface area contributed by atoms with Crippen LogP contribution in [0.5, 0.6) is 0 Å². The van der Waals surface area contributed by atoms with Gasteiger partial charge in [-0.1, -0.05) is 0 Å². The molecular formula is C15H22N2OS. The molecule has 0 saturated carbocycles. The molecule has 2 aromatic rings. The highest BCUT2D eigenvalue weighted by molar-refractivity contribution is 7.15. The van der Waals surface area contributed by atoms with E-state index in [9.17, 15) is 0 Å². The van der Waals surface area contributed by atoms with E-state index in [2.05, 4.69) is 51.0 Å². The summed E-state index contributed by atoms with van der Waals surface area (Å²) in [5.41, 5.74) is 1.45. The molecule has 0 saturated heterocycles. The second-order valence-corrected chi connectivity index (χ2v) is 7.15. The van der Waals surface area contributed by atoms with Gasteiger partial charge in [-0.25, -0.2) is 4.98 Å². The lowest BCUT2D eigenvalue weighted by Gasteiger charge is -2.19. The van der Waals surface area contributed by atoms with Crippen LogP contribution in [0.2, 0.25) is 0 Å². The van der Waals surface area contributed by atoms with Gasteiger partial charge in [0.2, 0.25) is 0 Å². The summed E-state index contributed by atoms with van der Waals surface area (Å²) in [6, 6.07) is 2.16. The molecule has 0 aliphatic rings. The molecule has 4 heteroatoms. The lowest BCUT2D eigenvalue weighted by atomic mass is 10.1. The number of hydrogen-bond acceptors (Lipinski definition) is 4. The minimum atomic E-state index is 0.136. The Balaban J connectivity index is 1.99. The van der Waals surface area contributed by atoms with Crippen molar-refractivity contribution in [2.45, 2.75) is 46.6 Å². The third-order valence-electron chi connectivity index (χ3n) is 2.96. The van der Waals surface area contributed by atoms with E-state index in [1.54, 1.807) is 11.3 Å². The molecule has 2 aromatic heterocycles. The van der Waals surface area contributed by atoms with E-state index < -0.39 is 0 Å². The van der Waals surface area contributed by atoms with Crippen molar-refractivity contribution in [3.8, 4) is 10.6 Å². The maximum atomic E-state index is 5.81. The Bertz CT molecular complexity index is 529. The smallest absolute Gasteiger partial charge is 0.196 e.